The summed E-state index contributed by atoms with van der Waals surface area (Å²) in [5.41, 5.74) is 0. The van der Waals surface area contributed by atoms with Gasteiger partial charge in [0.15, 0.2) is 0 Å². The van der Waals surface area contributed by atoms with E-state index >= 15 is 0 Å². The van der Waals surface area contributed by atoms with Crippen LogP contribution in [0.15, 0.2) is 0 Å². The number of nitrogens with zero attached hydrogens (tertiary/aromatic N) is 2. The van der Waals surface area contributed by atoms with Gasteiger partial charge in [-0.05, 0) is 44.7 Å². The minimum absolute atomic E-state index is 0.360. The van der Waals surface area contributed by atoms with Crippen molar-refractivity contribution in [2.24, 2.45) is 17.8 Å². The van der Waals surface area contributed by atoms with Crippen molar-refractivity contribution < 1.29 is 0 Å². The van der Waals surface area contributed by atoms with Gasteiger partial charge < -0.3 is 4.90 Å². The monoisotopic (exact) mass is 178 g/mol. The quantitative estimate of drug-likeness (QED) is 0.645. The fourth-order valence-electron chi connectivity index (χ4n) is 2.66. The molecule has 0 aromatic carbocycles. The highest BCUT2D eigenvalue weighted by Crippen LogP contribution is 2.39. The lowest BCUT2D eigenvalue weighted by molar-refractivity contribution is 0.190. The highest BCUT2D eigenvalue weighted by molar-refractivity contribution is 4.98. The molecule has 72 valence electrons. The Morgan fingerprint density at radius 3 is 2.46 bits per heavy atom. The summed E-state index contributed by atoms with van der Waals surface area (Å²) in [6, 6.07) is 2.54. The van der Waals surface area contributed by atoms with E-state index in [-0.39, 0.29) is 0 Å². The maximum absolute atomic E-state index is 9.14. The molecule has 0 bridgehead atoms. The second-order valence-corrected chi connectivity index (χ2v) is 4.66. The molecule has 0 aromatic heterocycles. The van der Waals surface area contributed by atoms with Crippen molar-refractivity contribution in [2.75, 3.05) is 20.1 Å². The summed E-state index contributed by atoms with van der Waals surface area (Å²) in [5.74, 6) is 1.76. The molecule has 2 heteroatoms. The standard InChI is InChI=1S/C11H18N2/c1-13-6-5-10(8-13)11(7-12)9-3-2-4-9/h9-11H,2-6,8H2,1H3. The van der Waals surface area contributed by atoms with Crippen molar-refractivity contribution in [3.8, 4) is 6.07 Å². The second kappa shape index (κ2) is 3.67. The largest absolute Gasteiger partial charge is 0.306 e. The molecule has 0 aromatic rings. The van der Waals surface area contributed by atoms with Gasteiger partial charge in [0.1, 0.15) is 0 Å². The molecular weight excluding hydrogens is 160 g/mol. The molecule has 0 spiro atoms. The molecule has 2 aliphatic rings. The molecule has 1 aliphatic carbocycles. The van der Waals surface area contributed by atoms with E-state index < -0.39 is 0 Å². The molecule has 1 heterocycles. The average molecular weight is 178 g/mol. The SMILES string of the molecule is CN1CCC(C(C#N)C2CCC2)C1. The highest BCUT2D eigenvalue weighted by atomic mass is 15.1. The van der Waals surface area contributed by atoms with Gasteiger partial charge >= 0.3 is 0 Å². The molecule has 13 heavy (non-hydrogen) atoms. The minimum Gasteiger partial charge on any atom is -0.306 e. The Hall–Kier alpha value is -0.550. The van der Waals surface area contributed by atoms with Crippen LogP contribution in [0.5, 0.6) is 0 Å². The Kier molecular flexibility index (Phi) is 2.55. The normalized spacial score (nSPS) is 32.5. The molecule has 2 atom stereocenters. The minimum atomic E-state index is 0.360. The first kappa shape index (κ1) is 9.02. The van der Waals surface area contributed by atoms with Gasteiger partial charge in [0, 0.05) is 6.54 Å². The third-order valence-corrected chi connectivity index (χ3v) is 3.74. The van der Waals surface area contributed by atoms with Crippen molar-refractivity contribution in [1.29, 1.82) is 5.26 Å². The lowest BCUT2D eigenvalue weighted by Crippen LogP contribution is -2.29. The van der Waals surface area contributed by atoms with E-state index in [0.29, 0.717) is 11.8 Å². The Morgan fingerprint density at radius 2 is 2.08 bits per heavy atom. The third-order valence-electron chi connectivity index (χ3n) is 3.74. The smallest absolute Gasteiger partial charge is 0.0662 e. The maximum atomic E-state index is 9.14. The Balaban J connectivity index is 1.93. The van der Waals surface area contributed by atoms with E-state index in [1.807, 2.05) is 0 Å². The summed E-state index contributed by atoms with van der Waals surface area (Å²) in [7, 11) is 2.16. The van der Waals surface area contributed by atoms with Crippen molar-refractivity contribution in [2.45, 2.75) is 25.7 Å². The Morgan fingerprint density at radius 1 is 1.31 bits per heavy atom. The first-order valence-electron chi connectivity index (χ1n) is 5.39. The van der Waals surface area contributed by atoms with Crippen molar-refractivity contribution in [3.63, 3.8) is 0 Å². The summed E-state index contributed by atoms with van der Waals surface area (Å²) >= 11 is 0. The molecule has 2 unspecified atom stereocenters. The molecular formula is C11H18N2. The topological polar surface area (TPSA) is 27.0 Å². The summed E-state index contributed by atoms with van der Waals surface area (Å²) in [5, 5.41) is 9.14. The Bertz CT molecular complexity index is 215. The van der Waals surface area contributed by atoms with Gasteiger partial charge in [0.25, 0.3) is 0 Å². The van der Waals surface area contributed by atoms with Crippen LogP contribution in [0.25, 0.3) is 0 Å². The van der Waals surface area contributed by atoms with Gasteiger partial charge in [-0.25, -0.2) is 0 Å². The summed E-state index contributed by atoms with van der Waals surface area (Å²) in [6.07, 6.45) is 5.20. The predicted molar refractivity (Wildman–Crippen MR) is 52.0 cm³/mol. The zero-order valence-corrected chi connectivity index (χ0v) is 8.37. The van der Waals surface area contributed by atoms with Crippen LogP contribution in [0, 0.1) is 29.1 Å². The molecule has 2 rings (SSSR count). The van der Waals surface area contributed by atoms with E-state index in [1.165, 1.54) is 32.2 Å². The first-order valence-corrected chi connectivity index (χ1v) is 5.39. The summed E-state index contributed by atoms with van der Waals surface area (Å²) < 4.78 is 0. The molecule has 1 aliphatic heterocycles. The molecule has 2 fully saturated rings. The zero-order chi connectivity index (χ0) is 9.26. The van der Waals surface area contributed by atoms with E-state index in [1.54, 1.807) is 0 Å². The van der Waals surface area contributed by atoms with Crippen molar-refractivity contribution in [1.82, 2.24) is 4.90 Å². The van der Waals surface area contributed by atoms with Gasteiger partial charge in [-0.3, -0.25) is 0 Å². The van der Waals surface area contributed by atoms with Crippen LogP contribution in [0.2, 0.25) is 0 Å². The molecule has 0 radical (unpaired) electrons. The fraction of sp³-hybridized carbons (Fsp3) is 0.909. The van der Waals surface area contributed by atoms with E-state index in [0.717, 1.165) is 12.5 Å². The maximum Gasteiger partial charge on any atom is 0.0662 e. The van der Waals surface area contributed by atoms with Crippen LogP contribution in [0.4, 0.5) is 0 Å². The van der Waals surface area contributed by atoms with E-state index in [9.17, 15) is 0 Å². The van der Waals surface area contributed by atoms with Crippen molar-refractivity contribution in [3.05, 3.63) is 0 Å². The molecule has 0 amide bonds. The number of rotatable bonds is 2. The number of nitriles is 1. The van der Waals surface area contributed by atoms with Crippen LogP contribution in [0.1, 0.15) is 25.7 Å². The first-order chi connectivity index (χ1) is 6.31. The van der Waals surface area contributed by atoms with Crippen molar-refractivity contribution >= 4 is 0 Å². The third kappa shape index (κ3) is 1.71. The van der Waals surface area contributed by atoms with E-state index in [4.69, 9.17) is 5.26 Å². The van der Waals surface area contributed by atoms with Gasteiger partial charge in [-0.2, -0.15) is 5.26 Å². The zero-order valence-electron chi connectivity index (χ0n) is 8.37. The molecule has 2 nitrogen and oxygen atoms in total. The molecule has 1 saturated carbocycles. The van der Waals surface area contributed by atoms with Gasteiger partial charge in [0.05, 0.1) is 12.0 Å². The average Bonchev–Trinajstić information content (AvgIpc) is 2.43. The highest BCUT2D eigenvalue weighted by Gasteiger charge is 2.35. The van der Waals surface area contributed by atoms with Crippen LogP contribution in [0.3, 0.4) is 0 Å². The number of hydrogen-bond acceptors (Lipinski definition) is 2. The molecule has 1 saturated heterocycles. The Labute approximate surface area is 80.5 Å². The van der Waals surface area contributed by atoms with Crippen LogP contribution < -0.4 is 0 Å². The summed E-state index contributed by atoms with van der Waals surface area (Å²) in [4.78, 5) is 2.35. The van der Waals surface area contributed by atoms with Crippen LogP contribution in [-0.4, -0.2) is 25.0 Å². The second-order valence-electron chi connectivity index (χ2n) is 4.66. The molecule has 0 N–H and O–H groups in total. The van der Waals surface area contributed by atoms with Gasteiger partial charge in [-0.1, -0.05) is 6.42 Å². The van der Waals surface area contributed by atoms with E-state index in [2.05, 4.69) is 18.0 Å². The van der Waals surface area contributed by atoms with Crippen LogP contribution in [-0.2, 0) is 0 Å². The predicted octanol–water partition coefficient (Wildman–Crippen LogP) is 1.88. The lowest BCUT2D eigenvalue weighted by atomic mass is 9.71. The fourth-order valence-corrected chi connectivity index (χ4v) is 2.66. The van der Waals surface area contributed by atoms with Crippen LogP contribution >= 0.6 is 0 Å². The number of likely N-dealkylation sites (tertiary alicyclic amines) is 1. The lowest BCUT2D eigenvalue weighted by Gasteiger charge is -2.32. The summed E-state index contributed by atoms with van der Waals surface area (Å²) in [6.45, 7) is 2.34. The van der Waals surface area contributed by atoms with Gasteiger partial charge in [-0.15, -0.1) is 0 Å². The number of hydrogen-bond donors (Lipinski definition) is 0. The van der Waals surface area contributed by atoms with Gasteiger partial charge in [0.2, 0.25) is 0 Å².